The van der Waals surface area contributed by atoms with Crippen LogP contribution in [0, 0.1) is 6.92 Å². The van der Waals surface area contributed by atoms with Crippen molar-refractivity contribution in [2.45, 2.75) is 25.5 Å². The van der Waals surface area contributed by atoms with E-state index in [1.165, 1.54) is 11.8 Å². The van der Waals surface area contributed by atoms with E-state index in [4.69, 9.17) is 10.5 Å². The van der Waals surface area contributed by atoms with Crippen LogP contribution in [0.1, 0.15) is 32.5 Å². The quantitative estimate of drug-likeness (QED) is 0.219. The van der Waals surface area contributed by atoms with Gasteiger partial charge in [-0.3, -0.25) is 14.2 Å². The summed E-state index contributed by atoms with van der Waals surface area (Å²) in [5.41, 5.74) is 7.89. The number of hydrogen-bond acceptors (Lipinski definition) is 9. The minimum absolute atomic E-state index is 0.0000385. The maximum absolute atomic E-state index is 12.8. The molecule has 2 aromatic heterocycles. The molecule has 0 aliphatic carbocycles. The van der Waals surface area contributed by atoms with Gasteiger partial charge in [0.05, 0.1) is 22.8 Å². The average molecular weight is 529 g/mol. The minimum atomic E-state index is -0.679. The molecule has 36 heavy (non-hydrogen) atoms. The minimum Gasteiger partial charge on any atom is -0.462 e. The maximum Gasteiger partial charge on any atom is 0.341 e. The molecule has 2 amide bonds. The summed E-state index contributed by atoms with van der Waals surface area (Å²) in [6.45, 7) is 7.70. The van der Waals surface area contributed by atoms with Crippen LogP contribution in [0.25, 0.3) is 11.4 Å². The first-order chi connectivity index (χ1) is 17.2. The second-order valence-electron chi connectivity index (χ2n) is 7.83. The largest absolute Gasteiger partial charge is 0.462 e. The Kier molecular flexibility index (Phi) is 8.88. The number of benzene rings is 1. The molecule has 10 nitrogen and oxygen atoms in total. The third-order valence-corrected chi connectivity index (χ3v) is 7.29. The Labute approximate surface area is 217 Å². The van der Waals surface area contributed by atoms with Gasteiger partial charge in [0.1, 0.15) is 5.00 Å². The van der Waals surface area contributed by atoms with E-state index < -0.39 is 11.9 Å². The molecule has 0 fully saturated rings. The van der Waals surface area contributed by atoms with Crippen molar-refractivity contribution in [2.75, 3.05) is 36.7 Å². The summed E-state index contributed by atoms with van der Waals surface area (Å²) in [6.07, 6.45) is 1.73. The molecule has 0 bridgehead atoms. The number of primary amides is 1. The van der Waals surface area contributed by atoms with Gasteiger partial charge in [0.25, 0.3) is 5.91 Å². The highest BCUT2D eigenvalue weighted by atomic mass is 32.2. The van der Waals surface area contributed by atoms with E-state index in [1.54, 1.807) is 19.9 Å². The Hall–Kier alpha value is -3.64. The molecule has 1 aromatic carbocycles. The molecule has 3 rings (SSSR count). The predicted molar refractivity (Wildman–Crippen MR) is 143 cm³/mol. The van der Waals surface area contributed by atoms with E-state index in [2.05, 4.69) is 22.1 Å². The lowest BCUT2D eigenvalue weighted by molar-refractivity contribution is -0.113. The number of carbonyl (C=O) groups excluding carboxylic acids is 3. The van der Waals surface area contributed by atoms with Crippen LogP contribution in [0.4, 0.5) is 10.7 Å². The third kappa shape index (κ3) is 5.94. The lowest BCUT2D eigenvalue weighted by Gasteiger charge is -2.13. The number of amides is 2. The fraction of sp³-hybridized carbons (Fsp3) is 0.292. The molecule has 0 unspecified atom stereocenters. The second-order valence-corrected chi connectivity index (χ2v) is 9.79. The van der Waals surface area contributed by atoms with Crippen LogP contribution in [0.15, 0.2) is 42.1 Å². The van der Waals surface area contributed by atoms with E-state index >= 15 is 0 Å². The van der Waals surface area contributed by atoms with E-state index in [-0.39, 0.29) is 33.7 Å². The van der Waals surface area contributed by atoms with Crippen molar-refractivity contribution in [1.29, 1.82) is 0 Å². The molecule has 0 spiro atoms. The van der Waals surface area contributed by atoms with Gasteiger partial charge in [-0.15, -0.1) is 28.1 Å². The van der Waals surface area contributed by atoms with Crippen LogP contribution in [-0.2, 0) is 16.1 Å². The van der Waals surface area contributed by atoms with Crippen molar-refractivity contribution in [1.82, 2.24) is 14.8 Å². The van der Waals surface area contributed by atoms with E-state index in [0.717, 1.165) is 22.6 Å². The first kappa shape index (κ1) is 27.0. The highest BCUT2D eigenvalue weighted by Gasteiger charge is 2.26. The van der Waals surface area contributed by atoms with E-state index in [9.17, 15) is 14.4 Å². The number of esters is 1. The van der Waals surface area contributed by atoms with Gasteiger partial charge in [-0.2, -0.15) is 0 Å². The molecule has 190 valence electrons. The number of hydrogen-bond donors (Lipinski definition) is 2. The van der Waals surface area contributed by atoms with Crippen molar-refractivity contribution in [2.24, 2.45) is 5.73 Å². The van der Waals surface area contributed by atoms with Gasteiger partial charge < -0.3 is 20.7 Å². The number of thiophene rings is 1. The zero-order valence-corrected chi connectivity index (χ0v) is 22.2. The molecular weight excluding hydrogens is 500 g/mol. The number of aromatic nitrogens is 3. The number of thioether (sulfide) groups is 1. The lowest BCUT2D eigenvalue weighted by atomic mass is 10.1. The van der Waals surface area contributed by atoms with E-state index in [1.807, 2.05) is 47.8 Å². The summed E-state index contributed by atoms with van der Waals surface area (Å²) in [5.74, 6) is -1.03. The van der Waals surface area contributed by atoms with Crippen molar-refractivity contribution in [3.8, 4) is 11.4 Å². The van der Waals surface area contributed by atoms with Crippen molar-refractivity contribution >= 4 is 51.6 Å². The lowest BCUT2D eigenvalue weighted by Crippen LogP contribution is -2.17. The van der Waals surface area contributed by atoms with Gasteiger partial charge in [-0.25, -0.2) is 4.79 Å². The SMILES string of the molecule is C=CCn1c(SCC(=O)Nc2sc(C(N)=O)c(C)c2C(=O)OCC)nnc1-c1ccc(N(C)C)cc1. The molecule has 0 atom stereocenters. The standard InChI is InChI=1S/C24H28N6O4S2/c1-6-12-30-21(15-8-10-16(11-9-15)29(4)5)27-28-24(30)35-13-17(31)26-22-18(23(33)34-7-2)14(3)19(36-22)20(25)32/h6,8-11H,1,7,12-13H2,2-5H3,(H2,25,32)(H,26,31). The molecular formula is C24H28N6O4S2. The fourth-order valence-corrected chi connectivity index (χ4v) is 5.20. The number of anilines is 2. The van der Waals surface area contributed by atoms with Crippen LogP contribution in [0.5, 0.6) is 0 Å². The zero-order valence-electron chi connectivity index (χ0n) is 20.5. The number of ether oxygens (including phenoxy) is 1. The number of allylic oxidation sites excluding steroid dienone is 1. The van der Waals surface area contributed by atoms with Crippen LogP contribution in [0.3, 0.4) is 0 Å². The summed E-state index contributed by atoms with van der Waals surface area (Å²) in [6, 6.07) is 7.92. The molecule has 0 saturated heterocycles. The third-order valence-electron chi connectivity index (χ3n) is 5.11. The molecule has 0 aliphatic heterocycles. The monoisotopic (exact) mass is 528 g/mol. The summed E-state index contributed by atoms with van der Waals surface area (Å²) >= 11 is 2.15. The van der Waals surface area contributed by atoms with Gasteiger partial charge in [0.15, 0.2) is 11.0 Å². The van der Waals surface area contributed by atoms with Gasteiger partial charge in [0.2, 0.25) is 5.91 Å². The number of nitrogens with zero attached hydrogens (tertiary/aromatic N) is 4. The summed E-state index contributed by atoms with van der Waals surface area (Å²) in [7, 11) is 3.94. The van der Waals surface area contributed by atoms with Crippen LogP contribution < -0.4 is 16.0 Å². The molecule has 0 saturated carbocycles. The number of carbonyl (C=O) groups is 3. The van der Waals surface area contributed by atoms with Gasteiger partial charge in [-0.1, -0.05) is 17.8 Å². The number of rotatable bonds is 11. The Bertz CT molecular complexity index is 1280. The first-order valence-electron chi connectivity index (χ1n) is 11.0. The van der Waals surface area contributed by atoms with Crippen LogP contribution >= 0.6 is 23.1 Å². The summed E-state index contributed by atoms with van der Waals surface area (Å²) in [5, 5.41) is 12.1. The highest BCUT2D eigenvalue weighted by Crippen LogP contribution is 2.34. The Morgan fingerprint density at radius 2 is 1.94 bits per heavy atom. The highest BCUT2D eigenvalue weighted by molar-refractivity contribution is 7.99. The van der Waals surface area contributed by atoms with Gasteiger partial charge >= 0.3 is 5.97 Å². The summed E-state index contributed by atoms with van der Waals surface area (Å²) < 4.78 is 6.96. The normalized spacial score (nSPS) is 10.7. The second kappa shape index (κ2) is 11.9. The zero-order chi connectivity index (χ0) is 26.4. The predicted octanol–water partition coefficient (Wildman–Crippen LogP) is 3.57. The topological polar surface area (TPSA) is 132 Å². The molecule has 0 aliphatic rings. The Balaban J connectivity index is 1.78. The smallest absolute Gasteiger partial charge is 0.341 e. The number of nitrogens with two attached hydrogens (primary N) is 1. The fourth-order valence-electron chi connectivity index (χ4n) is 3.39. The Morgan fingerprint density at radius 1 is 1.25 bits per heavy atom. The van der Waals surface area contributed by atoms with E-state index in [0.29, 0.717) is 23.1 Å². The van der Waals surface area contributed by atoms with Crippen LogP contribution in [0.2, 0.25) is 0 Å². The van der Waals surface area contributed by atoms with Gasteiger partial charge in [-0.05, 0) is 43.7 Å². The van der Waals surface area contributed by atoms with Crippen molar-refractivity contribution in [3.63, 3.8) is 0 Å². The van der Waals surface area contributed by atoms with Crippen LogP contribution in [-0.4, -0.2) is 59.0 Å². The number of nitrogens with one attached hydrogen (secondary N) is 1. The molecule has 3 aromatic rings. The maximum atomic E-state index is 12.8. The molecule has 0 radical (unpaired) electrons. The Morgan fingerprint density at radius 3 is 2.53 bits per heavy atom. The average Bonchev–Trinajstić information content (AvgIpc) is 3.38. The van der Waals surface area contributed by atoms with Crippen molar-refractivity contribution in [3.05, 3.63) is 52.9 Å². The first-order valence-corrected chi connectivity index (χ1v) is 12.8. The summed E-state index contributed by atoms with van der Waals surface area (Å²) in [4.78, 5) is 39.2. The molecule has 3 N–H and O–H groups in total. The molecule has 2 heterocycles. The molecule has 12 heteroatoms. The van der Waals surface area contributed by atoms with Gasteiger partial charge in [0, 0.05) is 31.9 Å². The van der Waals surface area contributed by atoms with Crippen molar-refractivity contribution < 1.29 is 19.1 Å².